The SMILES string of the molecule is COC(=O)C(C)C1(O)CCSC1C. The average molecular weight is 204 g/mol. The molecule has 0 bridgehead atoms. The summed E-state index contributed by atoms with van der Waals surface area (Å²) in [5.74, 6) is 0.165. The lowest BCUT2D eigenvalue weighted by Crippen LogP contribution is -2.45. The fourth-order valence-corrected chi connectivity index (χ4v) is 3.11. The van der Waals surface area contributed by atoms with E-state index in [4.69, 9.17) is 0 Å². The van der Waals surface area contributed by atoms with Crippen molar-refractivity contribution in [2.24, 2.45) is 5.92 Å². The van der Waals surface area contributed by atoms with Crippen LogP contribution < -0.4 is 0 Å². The van der Waals surface area contributed by atoms with E-state index in [0.717, 1.165) is 5.75 Å². The van der Waals surface area contributed by atoms with Crippen molar-refractivity contribution < 1.29 is 14.6 Å². The minimum absolute atomic E-state index is 0.113. The highest BCUT2D eigenvalue weighted by molar-refractivity contribution is 8.00. The molecule has 1 aliphatic rings. The first-order valence-electron chi connectivity index (χ1n) is 4.44. The molecule has 3 atom stereocenters. The van der Waals surface area contributed by atoms with Crippen molar-refractivity contribution in [3.63, 3.8) is 0 Å². The molecule has 0 amide bonds. The van der Waals surface area contributed by atoms with Crippen LogP contribution >= 0.6 is 11.8 Å². The predicted molar refractivity (Wildman–Crippen MR) is 52.7 cm³/mol. The molecule has 76 valence electrons. The number of methoxy groups -OCH3 is 1. The summed E-state index contributed by atoms with van der Waals surface area (Å²) in [5, 5.41) is 10.3. The maximum atomic E-state index is 11.3. The number of ether oxygens (including phenoxy) is 1. The lowest BCUT2D eigenvalue weighted by molar-refractivity contribution is -0.154. The van der Waals surface area contributed by atoms with Crippen molar-refractivity contribution >= 4 is 17.7 Å². The zero-order valence-corrected chi connectivity index (χ0v) is 9.06. The molecule has 1 N–H and O–H groups in total. The number of carbonyl (C=O) groups excluding carboxylic acids is 1. The molecule has 1 aliphatic heterocycles. The van der Waals surface area contributed by atoms with Gasteiger partial charge >= 0.3 is 5.97 Å². The van der Waals surface area contributed by atoms with Crippen molar-refractivity contribution in [3.8, 4) is 0 Å². The number of hydrogen-bond acceptors (Lipinski definition) is 4. The number of thioether (sulfide) groups is 1. The summed E-state index contributed by atoms with van der Waals surface area (Å²) in [6.07, 6.45) is 0.676. The quantitative estimate of drug-likeness (QED) is 0.683. The van der Waals surface area contributed by atoms with Crippen LogP contribution in [-0.4, -0.2) is 34.8 Å². The Morgan fingerprint density at radius 2 is 2.38 bits per heavy atom. The number of aliphatic hydroxyl groups is 1. The molecule has 1 saturated heterocycles. The Balaban J connectivity index is 2.73. The Morgan fingerprint density at radius 3 is 2.77 bits per heavy atom. The standard InChI is InChI=1S/C9H16O3S/c1-6(8(10)12-3)9(11)4-5-13-7(9)2/h6-7,11H,4-5H2,1-3H3. The second kappa shape index (κ2) is 3.88. The Hall–Kier alpha value is -0.220. The van der Waals surface area contributed by atoms with Gasteiger partial charge < -0.3 is 9.84 Å². The van der Waals surface area contributed by atoms with E-state index in [-0.39, 0.29) is 11.2 Å². The molecule has 4 heteroatoms. The van der Waals surface area contributed by atoms with E-state index in [9.17, 15) is 9.90 Å². The van der Waals surface area contributed by atoms with E-state index in [0.29, 0.717) is 6.42 Å². The number of hydrogen-bond donors (Lipinski definition) is 1. The number of rotatable bonds is 2. The third-order valence-electron chi connectivity index (χ3n) is 2.88. The number of carbonyl (C=O) groups is 1. The van der Waals surface area contributed by atoms with Gasteiger partial charge in [0.15, 0.2) is 0 Å². The maximum absolute atomic E-state index is 11.3. The van der Waals surface area contributed by atoms with Crippen LogP contribution in [-0.2, 0) is 9.53 Å². The molecule has 1 heterocycles. The first-order chi connectivity index (χ1) is 6.02. The Bertz CT molecular complexity index is 207. The Morgan fingerprint density at radius 1 is 1.77 bits per heavy atom. The van der Waals surface area contributed by atoms with Crippen LogP contribution in [0.15, 0.2) is 0 Å². The first kappa shape index (κ1) is 10.9. The molecule has 0 aromatic carbocycles. The molecule has 1 rings (SSSR count). The van der Waals surface area contributed by atoms with Crippen molar-refractivity contribution in [2.75, 3.05) is 12.9 Å². The number of esters is 1. The van der Waals surface area contributed by atoms with Crippen LogP contribution in [0.5, 0.6) is 0 Å². The molecule has 0 aromatic rings. The zero-order chi connectivity index (χ0) is 10.1. The molecule has 0 radical (unpaired) electrons. The Labute approximate surface area is 82.8 Å². The molecule has 13 heavy (non-hydrogen) atoms. The van der Waals surface area contributed by atoms with Gasteiger partial charge in [-0.25, -0.2) is 0 Å². The highest BCUT2D eigenvalue weighted by atomic mass is 32.2. The minimum atomic E-state index is -0.877. The third-order valence-corrected chi connectivity index (χ3v) is 4.23. The summed E-state index contributed by atoms with van der Waals surface area (Å²) in [5.41, 5.74) is -0.877. The fourth-order valence-electron chi connectivity index (χ4n) is 1.70. The van der Waals surface area contributed by atoms with Crippen molar-refractivity contribution in [3.05, 3.63) is 0 Å². The normalized spacial score (nSPS) is 35.8. The lowest BCUT2D eigenvalue weighted by atomic mass is 9.84. The predicted octanol–water partition coefficient (Wildman–Crippen LogP) is 1.05. The molecule has 3 unspecified atom stereocenters. The largest absolute Gasteiger partial charge is 0.469 e. The van der Waals surface area contributed by atoms with Gasteiger partial charge in [-0.2, -0.15) is 11.8 Å². The molecular weight excluding hydrogens is 188 g/mol. The van der Waals surface area contributed by atoms with Crippen LogP contribution in [0.1, 0.15) is 20.3 Å². The summed E-state index contributed by atoms with van der Waals surface area (Å²) in [6.45, 7) is 3.69. The van der Waals surface area contributed by atoms with Crippen LogP contribution in [0.2, 0.25) is 0 Å². The topological polar surface area (TPSA) is 46.5 Å². The summed E-state index contributed by atoms with van der Waals surface area (Å²) in [4.78, 5) is 11.3. The summed E-state index contributed by atoms with van der Waals surface area (Å²) in [6, 6.07) is 0. The van der Waals surface area contributed by atoms with Gasteiger partial charge in [-0.1, -0.05) is 6.92 Å². The van der Waals surface area contributed by atoms with Gasteiger partial charge in [-0.05, 0) is 19.1 Å². The average Bonchev–Trinajstić information content (AvgIpc) is 2.46. The van der Waals surface area contributed by atoms with Gasteiger partial charge in [0, 0.05) is 5.25 Å². The lowest BCUT2D eigenvalue weighted by Gasteiger charge is -2.31. The van der Waals surface area contributed by atoms with Gasteiger partial charge in [0.2, 0.25) is 0 Å². The van der Waals surface area contributed by atoms with Crippen LogP contribution in [0.4, 0.5) is 0 Å². The van der Waals surface area contributed by atoms with Gasteiger partial charge in [-0.3, -0.25) is 4.79 Å². The molecule has 0 aromatic heterocycles. The van der Waals surface area contributed by atoms with E-state index in [2.05, 4.69) is 4.74 Å². The molecule has 1 fully saturated rings. The van der Waals surface area contributed by atoms with Crippen LogP contribution in [0.25, 0.3) is 0 Å². The van der Waals surface area contributed by atoms with E-state index in [1.807, 2.05) is 6.92 Å². The minimum Gasteiger partial charge on any atom is -0.469 e. The molecule has 0 aliphatic carbocycles. The van der Waals surface area contributed by atoms with Gasteiger partial charge in [0.1, 0.15) is 0 Å². The van der Waals surface area contributed by atoms with Crippen LogP contribution in [0, 0.1) is 5.92 Å². The third kappa shape index (κ3) is 1.83. The van der Waals surface area contributed by atoms with E-state index in [1.165, 1.54) is 7.11 Å². The summed E-state index contributed by atoms with van der Waals surface area (Å²) < 4.78 is 4.63. The molecule has 3 nitrogen and oxygen atoms in total. The molecule has 0 saturated carbocycles. The highest BCUT2D eigenvalue weighted by Crippen LogP contribution is 2.40. The van der Waals surface area contributed by atoms with Crippen molar-refractivity contribution in [1.29, 1.82) is 0 Å². The van der Waals surface area contributed by atoms with E-state index < -0.39 is 11.5 Å². The molecular formula is C9H16O3S. The van der Waals surface area contributed by atoms with Crippen molar-refractivity contribution in [1.82, 2.24) is 0 Å². The zero-order valence-electron chi connectivity index (χ0n) is 8.24. The van der Waals surface area contributed by atoms with E-state index >= 15 is 0 Å². The van der Waals surface area contributed by atoms with Gasteiger partial charge in [0.25, 0.3) is 0 Å². The van der Waals surface area contributed by atoms with Crippen molar-refractivity contribution in [2.45, 2.75) is 31.1 Å². The monoisotopic (exact) mass is 204 g/mol. The maximum Gasteiger partial charge on any atom is 0.311 e. The summed E-state index contributed by atoms with van der Waals surface area (Å²) in [7, 11) is 1.36. The summed E-state index contributed by atoms with van der Waals surface area (Å²) >= 11 is 1.70. The molecule has 0 spiro atoms. The second-order valence-corrected chi connectivity index (χ2v) is 4.95. The second-order valence-electron chi connectivity index (χ2n) is 3.50. The Kier molecular flexibility index (Phi) is 3.24. The van der Waals surface area contributed by atoms with Crippen LogP contribution in [0.3, 0.4) is 0 Å². The smallest absolute Gasteiger partial charge is 0.311 e. The van der Waals surface area contributed by atoms with Gasteiger partial charge in [0.05, 0.1) is 18.6 Å². The van der Waals surface area contributed by atoms with Gasteiger partial charge in [-0.15, -0.1) is 0 Å². The first-order valence-corrected chi connectivity index (χ1v) is 5.49. The highest BCUT2D eigenvalue weighted by Gasteiger charge is 2.46. The fraction of sp³-hybridized carbons (Fsp3) is 0.889. The van der Waals surface area contributed by atoms with E-state index in [1.54, 1.807) is 18.7 Å².